The minimum Gasteiger partial charge on any atom is -0.462 e. The Morgan fingerprint density at radius 3 is 2.31 bits per heavy atom. The van der Waals surface area contributed by atoms with Crippen molar-refractivity contribution >= 4 is 12.4 Å². The number of aryl methyl sites for hydroxylation is 1. The molecule has 1 aliphatic heterocycles. The molecule has 32 heavy (non-hydrogen) atoms. The van der Waals surface area contributed by atoms with Crippen LogP contribution in [0.5, 0.6) is 0 Å². The number of esters is 1. The lowest BCUT2D eigenvalue weighted by atomic mass is 10.1. The van der Waals surface area contributed by atoms with E-state index < -0.39 is 0 Å². The van der Waals surface area contributed by atoms with Gasteiger partial charge in [0.2, 0.25) is 0 Å². The first-order valence-electron chi connectivity index (χ1n) is 11.3. The molecule has 1 aromatic carbocycles. The molecule has 0 radical (unpaired) electrons. The van der Waals surface area contributed by atoms with Crippen LogP contribution >= 0.6 is 0 Å². The maximum absolute atomic E-state index is 12.1. The molecular weight excluding hydrogens is 413 g/mol. The fourth-order valence-electron chi connectivity index (χ4n) is 2.81. The molecule has 0 aromatic heterocycles. The van der Waals surface area contributed by atoms with E-state index in [4.69, 9.17) is 9.47 Å². The molecule has 0 saturated carbocycles. The number of carbonyl (C=O) groups excluding carboxylic acids is 2. The summed E-state index contributed by atoms with van der Waals surface area (Å²) in [4.78, 5) is 21.3. The highest BCUT2D eigenvalue weighted by Gasteiger charge is 2.25. The minimum atomic E-state index is -0.318. The molecule has 184 valence electrons. The van der Waals surface area contributed by atoms with Crippen molar-refractivity contribution in [2.75, 3.05) is 13.7 Å². The number of benzene rings is 1. The van der Waals surface area contributed by atoms with Crippen LogP contribution in [0.3, 0.4) is 0 Å². The number of hydrogen-bond donors (Lipinski definition) is 1. The van der Waals surface area contributed by atoms with Gasteiger partial charge < -0.3 is 19.5 Å². The molecule has 0 amide bonds. The van der Waals surface area contributed by atoms with Gasteiger partial charge in [0.15, 0.2) is 0 Å². The molecule has 6 nitrogen and oxygen atoms in total. The van der Waals surface area contributed by atoms with E-state index in [0.29, 0.717) is 19.5 Å². The molecule has 7 heteroatoms. The average Bonchev–Trinajstić information content (AvgIpc) is 2.77. The summed E-state index contributed by atoms with van der Waals surface area (Å²) >= 11 is 0. The summed E-state index contributed by atoms with van der Waals surface area (Å²) in [5.74, 6) is -0.324. The second-order valence-corrected chi connectivity index (χ2v) is 8.87. The first kappa shape index (κ1) is 30.0. The van der Waals surface area contributed by atoms with Crippen LogP contribution in [0.15, 0.2) is 24.3 Å². The van der Waals surface area contributed by atoms with Crippen molar-refractivity contribution < 1.29 is 28.2 Å². The molecular formula is C25H42FNO5. The van der Waals surface area contributed by atoms with Gasteiger partial charge in [0.25, 0.3) is 6.47 Å². The third-order valence-electron chi connectivity index (χ3n) is 4.60. The second-order valence-electron chi connectivity index (χ2n) is 8.87. The van der Waals surface area contributed by atoms with Crippen molar-refractivity contribution in [3.8, 4) is 0 Å². The van der Waals surface area contributed by atoms with Gasteiger partial charge in [-0.15, -0.1) is 0 Å². The Morgan fingerprint density at radius 1 is 1.25 bits per heavy atom. The molecule has 3 atom stereocenters. The lowest BCUT2D eigenvalue weighted by Gasteiger charge is -2.19. The Labute approximate surface area is 193 Å². The van der Waals surface area contributed by atoms with Crippen molar-refractivity contribution in [3.63, 3.8) is 0 Å². The van der Waals surface area contributed by atoms with Crippen LogP contribution in [0.25, 0.3) is 0 Å². The van der Waals surface area contributed by atoms with Gasteiger partial charge in [0.05, 0.1) is 6.10 Å². The van der Waals surface area contributed by atoms with Crippen LogP contribution in [0, 0.1) is 12.7 Å². The minimum absolute atomic E-state index is 0.0571. The number of rotatable bonds is 5. The number of nitrogens with one attached hydrogen (secondary N) is 1. The molecule has 1 aliphatic rings. The molecule has 2 unspecified atom stereocenters. The Bertz CT molecular complexity index is 609. The highest BCUT2D eigenvalue weighted by molar-refractivity contribution is 5.75. The van der Waals surface area contributed by atoms with E-state index in [2.05, 4.69) is 17.0 Å². The first-order valence-corrected chi connectivity index (χ1v) is 11.3. The third-order valence-corrected chi connectivity index (χ3v) is 4.60. The fourth-order valence-corrected chi connectivity index (χ4v) is 2.81. The van der Waals surface area contributed by atoms with E-state index in [0.717, 1.165) is 18.4 Å². The molecule has 1 aromatic rings. The van der Waals surface area contributed by atoms with Crippen LogP contribution in [-0.4, -0.2) is 49.9 Å². The SMILES string of the molecule is CC(C)(C)OC=O.CCCCC1CC(C)OC(=O)[C@@H](NC)CCO1.Cc1ccc(F)cc1. The van der Waals surface area contributed by atoms with Crippen molar-refractivity contribution in [2.24, 2.45) is 0 Å². The monoisotopic (exact) mass is 455 g/mol. The van der Waals surface area contributed by atoms with Crippen LogP contribution in [-0.2, 0) is 23.8 Å². The summed E-state index contributed by atoms with van der Waals surface area (Å²) in [5, 5.41) is 2.97. The van der Waals surface area contributed by atoms with E-state index in [1.807, 2.05) is 34.6 Å². The molecule has 1 fully saturated rings. The highest BCUT2D eigenvalue weighted by atomic mass is 19.1. The Morgan fingerprint density at radius 2 is 1.88 bits per heavy atom. The molecule has 1 N–H and O–H groups in total. The van der Waals surface area contributed by atoms with Crippen LogP contribution in [0.2, 0.25) is 0 Å². The molecule has 0 aliphatic carbocycles. The zero-order chi connectivity index (χ0) is 24.6. The van der Waals surface area contributed by atoms with E-state index in [1.165, 1.54) is 25.0 Å². The molecule has 0 bridgehead atoms. The predicted octanol–water partition coefficient (Wildman–Crippen LogP) is 4.97. The van der Waals surface area contributed by atoms with Crippen molar-refractivity contribution in [1.82, 2.24) is 5.32 Å². The smallest absolute Gasteiger partial charge is 0.323 e. The van der Waals surface area contributed by atoms with Gasteiger partial charge in [0, 0.05) is 13.0 Å². The third kappa shape index (κ3) is 15.8. The van der Waals surface area contributed by atoms with E-state index >= 15 is 0 Å². The summed E-state index contributed by atoms with van der Waals surface area (Å²) in [6.45, 7) is 12.6. The maximum atomic E-state index is 12.1. The Balaban J connectivity index is 0.000000529. The van der Waals surface area contributed by atoms with Crippen molar-refractivity contribution in [2.45, 2.75) is 97.5 Å². The van der Waals surface area contributed by atoms with E-state index in [-0.39, 0.29) is 35.6 Å². The molecule has 0 spiro atoms. The summed E-state index contributed by atoms with van der Waals surface area (Å²) in [5.41, 5.74) is 0.772. The lowest BCUT2D eigenvalue weighted by Crippen LogP contribution is -2.37. The number of carbonyl (C=O) groups is 2. The van der Waals surface area contributed by atoms with Gasteiger partial charge >= 0.3 is 5.97 Å². The Hall–Kier alpha value is -1.99. The quantitative estimate of drug-likeness (QED) is 0.499. The van der Waals surface area contributed by atoms with Crippen molar-refractivity contribution in [3.05, 3.63) is 35.6 Å². The number of halogens is 1. The summed E-state index contributed by atoms with van der Waals surface area (Å²) in [6.07, 6.45) is 5.07. The average molecular weight is 456 g/mol. The standard InChI is InChI=1S/C13H25NO3.C7H7F.C5H10O2/c1-4-5-6-11-9-10(2)17-13(15)12(14-3)7-8-16-11;1-6-2-4-7(8)5-3-6;1-5(2,3)7-4-6/h10-12,14H,4-9H2,1-3H3;2-5H,1H3;4H,1-3H3/t10?,11?,12-;;/m0../s1. The number of hydrogen-bond acceptors (Lipinski definition) is 6. The van der Waals surface area contributed by atoms with Gasteiger partial charge in [-0.2, -0.15) is 0 Å². The van der Waals surface area contributed by atoms with Gasteiger partial charge in [-0.3, -0.25) is 9.59 Å². The maximum Gasteiger partial charge on any atom is 0.323 e. The zero-order valence-electron chi connectivity index (χ0n) is 20.8. The normalized spacial score (nSPS) is 21.2. The summed E-state index contributed by atoms with van der Waals surface area (Å²) in [6, 6.07) is 6.16. The van der Waals surface area contributed by atoms with E-state index in [9.17, 15) is 14.0 Å². The van der Waals surface area contributed by atoms with Gasteiger partial charge in [-0.05, 0) is 66.6 Å². The largest absolute Gasteiger partial charge is 0.462 e. The molecule has 1 saturated heterocycles. The van der Waals surface area contributed by atoms with Gasteiger partial charge in [-0.1, -0.05) is 37.5 Å². The highest BCUT2D eigenvalue weighted by Crippen LogP contribution is 2.16. The van der Waals surface area contributed by atoms with Crippen molar-refractivity contribution in [1.29, 1.82) is 0 Å². The second kappa shape index (κ2) is 16.6. The predicted molar refractivity (Wildman–Crippen MR) is 125 cm³/mol. The van der Waals surface area contributed by atoms with E-state index in [1.54, 1.807) is 19.2 Å². The number of ether oxygens (including phenoxy) is 3. The number of unbranched alkanes of at least 4 members (excludes halogenated alkanes) is 1. The van der Waals surface area contributed by atoms with Crippen LogP contribution in [0.1, 0.15) is 72.3 Å². The zero-order valence-corrected chi connectivity index (χ0v) is 20.8. The van der Waals surface area contributed by atoms with Crippen LogP contribution in [0.4, 0.5) is 4.39 Å². The summed E-state index contributed by atoms with van der Waals surface area (Å²) in [7, 11) is 1.78. The molecule has 2 rings (SSSR count). The fraction of sp³-hybridized carbons (Fsp3) is 0.680. The topological polar surface area (TPSA) is 73.9 Å². The summed E-state index contributed by atoms with van der Waals surface area (Å²) < 4.78 is 27.9. The van der Waals surface area contributed by atoms with Crippen LogP contribution < -0.4 is 5.32 Å². The molecule has 1 heterocycles. The lowest BCUT2D eigenvalue weighted by molar-refractivity contribution is -0.151. The number of likely N-dealkylation sites (N-methyl/N-ethyl adjacent to an activating group) is 1. The van der Waals surface area contributed by atoms with Gasteiger partial charge in [0.1, 0.15) is 23.6 Å². The Kier molecular flexibility index (Phi) is 15.6. The van der Waals surface area contributed by atoms with Gasteiger partial charge in [-0.25, -0.2) is 4.39 Å². The number of cyclic esters (lactones) is 1. The first-order chi connectivity index (χ1) is 15.0.